The zero-order valence-electron chi connectivity index (χ0n) is 33.2. The molecule has 2 aliphatic rings. The molecule has 4 aromatic heterocycles. The van der Waals surface area contributed by atoms with Crippen LogP contribution in [0.15, 0.2) is 171 Å². The first kappa shape index (κ1) is 38.7. The lowest BCUT2D eigenvalue weighted by atomic mass is 9.83. The fourth-order valence-corrected chi connectivity index (χ4v) is 10.6. The van der Waals surface area contributed by atoms with Crippen molar-refractivity contribution in [2.45, 2.75) is 0 Å². The number of hydrogen-bond acceptors (Lipinski definition) is 4. The van der Waals surface area contributed by atoms with Crippen molar-refractivity contribution < 1.29 is 27.4 Å². The maximum atomic E-state index is 8.00. The summed E-state index contributed by atoms with van der Waals surface area (Å²) in [6.07, 6.45) is 15.5. The Morgan fingerprint density at radius 2 is 0.688 bits per heavy atom. The van der Waals surface area contributed by atoms with Crippen LogP contribution in [-0.4, -0.2) is 19.9 Å². The largest absolute Gasteiger partial charge is 0.264 e. The monoisotopic (exact) mass is 846 g/mol. The van der Waals surface area contributed by atoms with Gasteiger partial charge in [-0.2, -0.15) is 0 Å². The SMILES string of the molecule is FF.FF.FF.c1cc2c3c(cccc3c1)-c1cc3c(cc1-2)c(-c1cncc2cnccc12)cc1c2cc4c(c(-c5cncc6cnccc56)c2ccc31)-c1cccc2cccc-4c12. The Balaban J connectivity index is 0.000000733. The zero-order valence-corrected chi connectivity index (χ0v) is 33.2. The minimum Gasteiger partial charge on any atom is -0.264 e. The Morgan fingerprint density at radius 1 is 0.250 bits per heavy atom. The van der Waals surface area contributed by atoms with E-state index in [0.717, 1.165) is 38.2 Å². The van der Waals surface area contributed by atoms with Crippen molar-refractivity contribution in [2.24, 2.45) is 0 Å². The number of hydrogen-bond donors (Lipinski definition) is 0. The van der Waals surface area contributed by atoms with E-state index in [2.05, 4.69) is 131 Å². The van der Waals surface area contributed by atoms with Gasteiger partial charge in [-0.05, 0) is 151 Å². The lowest BCUT2D eigenvalue weighted by Gasteiger charge is -2.20. The van der Waals surface area contributed by atoms with Crippen LogP contribution >= 0.6 is 0 Å². The number of rotatable bonds is 2. The molecule has 8 aromatic carbocycles. The summed E-state index contributed by atoms with van der Waals surface area (Å²) in [5.41, 5.74) is 14.8. The fraction of sp³-hybridized carbons (Fsp3) is 0. The van der Waals surface area contributed by atoms with Crippen LogP contribution in [0.5, 0.6) is 0 Å². The predicted molar refractivity (Wildman–Crippen MR) is 247 cm³/mol. The normalized spacial score (nSPS) is 11.6. The Bertz CT molecular complexity index is 3870. The molecule has 14 rings (SSSR count). The van der Waals surface area contributed by atoms with Crippen LogP contribution in [0.2, 0.25) is 0 Å². The van der Waals surface area contributed by atoms with E-state index in [1.165, 1.54) is 104 Å². The second kappa shape index (κ2) is 15.3. The third-order valence-electron chi connectivity index (χ3n) is 13.0. The van der Waals surface area contributed by atoms with E-state index in [4.69, 9.17) is 37.4 Å². The van der Waals surface area contributed by atoms with Gasteiger partial charge in [-0.1, -0.05) is 84.9 Å². The fourth-order valence-electron chi connectivity index (χ4n) is 10.6. The van der Waals surface area contributed by atoms with Gasteiger partial charge in [-0.3, -0.25) is 19.9 Å². The number of nitrogens with zero attached hydrogens (tertiary/aromatic N) is 4. The summed E-state index contributed by atoms with van der Waals surface area (Å²) in [7, 11) is 0. The molecular weight excluding hydrogens is 819 g/mol. The molecule has 4 nitrogen and oxygen atoms in total. The minimum atomic E-state index is 1.02. The highest BCUT2D eigenvalue weighted by atomic mass is 20.0. The van der Waals surface area contributed by atoms with Gasteiger partial charge in [-0.15, -0.1) is 0 Å². The Kier molecular flexibility index (Phi) is 9.23. The van der Waals surface area contributed by atoms with Crippen LogP contribution in [-0.2, 0) is 0 Å². The quantitative estimate of drug-likeness (QED) is 0.128. The van der Waals surface area contributed by atoms with Gasteiger partial charge in [-0.25, -0.2) is 0 Å². The summed E-state index contributed by atoms with van der Waals surface area (Å²) in [6.45, 7) is 0. The third kappa shape index (κ3) is 5.38. The summed E-state index contributed by atoms with van der Waals surface area (Å²) in [5, 5.41) is 16.8. The van der Waals surface area contributed by atoms with Gasteiger partial charge in [0.25, 0.3) is 0 Å². The summed E-state index contributed by atoms with van der Waals surface area (Å²) in [5.74, 6) is 0. The highest BCUT2D eigenvalue weighted by molar-refractivity contribution is 6.31. The summed E-state index contributed by atoms with van der Waals surface area (Å²) in [6, 6.07) is 45.7. The summed E-state index contributed by atoms with van der Waals surface area (Å²) >= 11 is 0. The van der Waals surface area contributed by atoms with E-state index in [9.17, 15) is 0 Å². The molecule has 0 fully saturated rings. The van der Waals surface area contributed by atoms with E-state index in [0.29, 0.717) is 0 Å². The highest BCUT2D eigenvalue weighted by Gasteiger charge is 2.29. The van der Waals surface area contributed by atoms with Gasteiger partial charge >= 0.3 is 0 Å². The maximum Gasteiger partial charge on any atom is 0.0362 e. The zero-order chi connectivity index (χ0) is 43.6. The number of benzene rings is 8. The van der Waals surface area contributed by atoms with Gasteiger partial charge in [0.2, 0.25) is 0 Å². The molecule has 64 heavy (non-hydrogen) atoms. The van der Waals surface area contributed by atoms with Crippen LogP contribution in [0.3, 0.4) is 0 Å². The Morgan fingerprint density at radius 3 is 1.31 bits per heavy atom. The summed E-state index contributed by atoms with van der Waals surface area (Å²) < 4.78 is 48.0. The molecule has 12 aromatic rings. The second-order valence-electron chi connectivity index (χ2n) is 15.8. The van der Waals surface area contributed by atoms with Gasteiger partial charge < -0.3 is 0 Å². The van der Waals surface area contributed by atoms with Crippen LogP contribution in [0.25, 0.3) is 142 Å². The molecule has 0 spiro atoms. The molecule has 306 valence electrons. The van der Waals surface area contributed by atoms with Crippen LogP contribution < -0.4 is 0 Å². The standard InChI is InChI=1S/C54H28N4.3F2/c1-5-29-6-2-10-37-44-21-46-42(19-43(44)36(9-1)51(29)37)35-13-14-39-45(41(35)20-47(46)49-27-57-25-31-23-55-17-15-33(31)49)22-48-38-11-3-7-30-8-4-12-40(52(30)38)54(48)53(39)50-28-58-26-32-24-56-18-16-34(32)50;3*1-2/h1-28H;;;. The molecule has 0 radical (unpaired) electrons. The number of halogens is 6. The van der Waals surface area contributed by atoms with Crippen molar-refractivity contribution in [2.75, 3.05) is 0 Å². The van der Waals surface area contributed by atoms with Crippen molar-refractivity contribution in [3.63, 3.8) is 0 Å². The molecule has 0 unspecified atom stereocenters. The van der Waals surface area contributed by atoms with Crippen molar-refractivity contribution in [1.82, 2.24) is 19.9 Å². The van der Waals surface area contributed by atoms with E-state index in [-0.39, 0.29) is 0 Å². The smallest absolute Gasteiger partial charge is 0.0362 e. The average Bonchev–Trinajstić information content (AvgIpc) is 3.87. The lowest BCUT2D eigenvalue weighted by Crippen LogP contribution is -1.94. The van der Waals surface area contributed by atoms with Crippen molar-refractivity contribution in [3.05, 3.63) is 171 Å². The molecule has 0 N–H and O–H groups in total. The van der Waals surface area contributed by atoms with E-state index >= 15 is 0 Å². The van der Waals surface area contributed by atoms with Gasteiger partial charge in [0, 0.05) is 104 Å². The van der Waals surface area contributed by atoms with Crippen LogP contribution in [0, 0.1) is 0 Å². The van der Waals surface area contributed by atoms with Gasteiger partial charge in [0.05, 0.1) is 0 Å². The highest BCUT2D eigenvalue weighted by Crippen LogP contribution is 2.56. The summed E-state index contributed by atoms with van der Waals surface area (Å²) in [4.78, 5) is 18.6. The van der Waals surface area contributed by atoms with Crippen molar-refractivity contribution in [1.29, 1.82) is 0 Å². The second-order valence-corrected chi connectivity index (χ2v) is 15.8. The molecule has 0 saturated heterocycles. The van der Waals surface area contributed by atoms with E-state index in [1.807, 2.05) is 49.6 Å². The number of pyridine rings is 4. The van der Waals surface area contributed by atoms with Crippen LogP contribution in [0.4, 0.5) is 27.4 Å². The Labute approximate surface area is 359 Å². The molecule has 10 heteroatoms. The first-order valence-corrected chi connectivity index (χ1v) is 20.2. The van der Waals surface area contributed by atoms with E-state index < -0.39 is 0 Å². The molecule has 2 aliphatic carbocycles. The van der Waals surface area contributed by atoms with Crippen molar-refractivity contribution >= 4 is 75.4 Å². The molecule has 0 amide bonds. The van der Waals surface area contributed by atoms with E-state index in [1.54, 1.807) is 0 Å². The van der Waals surface area contributed by atoms with Gasteiger partial charge in [0.1, 0.15) is 0 Å². The molecule has 0 bridgehead atoms. The molecule has 0 aliphatic heterocycles. The lowest BCUT2D eigenvalue weighted by molar-refractivity contribution is 0.108. The molecule has 0 saturated carbocycles. The Hall–Kier alpha value is -8.24. The predicted octanol–water partition coefficient (Wildman–Crippen LogP) is 16.5. The number of aromatic nitrogens is 4. The molecular formula is C54H28F6N4. The minimum absolute atomic E-state index is 1.02. The first-order chi connectivity index (χ1) is 31.8. The number of fused-ring (bicyclic) bond motifs is 13. The first-order valence-electron chi connectivity index (χ1n) is 20.2. The van der Waals surface area contributed by atoms with Crippen LogP contribution in [0.1, 0.15) is 0 Å². The molecule has 0 atom stereocenters. The third-order valence-corrected chi connectivity index (χ3v) is 13.0. The maximum absolute atomic E-state index is 8.00. The molecule has 4 heterocycles. The average molecular weight is 847 g/mol. The topological polar surface area (TPSA) is 51.6 Å². The van der Waals surface area contributed by atoms with Gasteiger partial charge in [0.15, 0.2) is 0 Å². The van der Waals surface area contributed by atoms with Crippen molar-refractivity contribution in [3.8, 4) is 66.8 Å².